The molecule has 1 aliphatic carbocycles. The number of likely N-dealkylation sites (tertiary alicyclic amines) is 1. The predicted molar refractivity (Wildman–Crippen MR) is 113 cm³/mol. The number of ether oxygens (including phenoxy) is 1. The highest BCUT2D eigenvalue weighted by Crippen LogP contribution is 2.44. The summed E-state index contributed by atoms with van der Waals surface area (Å²) in [7, 11) is 0. The summed E-state index contributed by atoms with van der Waals surface area (Å²) in [6, 6.07) is 12.6. The minimum absolute atomic E-state index is 0.281. The molecule has 4 heteroatoms. The molecule has 0 aromatic heterocycles. The fraction of sp³-hybridized carbons (Fsp3) is 0.520. The lowest BCUT2D eigenvalue weighted by Gasteiger charge is -2.46. The van der Waals surface area contributed by atoms with Crippen LogP contribution in [0.15, 0.2) is 36.4 Å². The zero-order chi connectivity index (χ0) is 20.0. The molecule has 0 saturated carbocycles. The number of hydrogen-bond donors (Lipinski definition) is 2. The van der Waals surface area contributed by atoms with Crippen molar-refractivity contribution in [3.8, 4) is 5.75 Å². The van der Waals surface area contributed by atoms with Gasteiger partial charge in [-0.3, -0.25) is 0 Å². The van der Waals surface area contributed by atoms with Crippen LogP contribution in [0.1, 0.15) is 65.7 Å². The van der Waals surface area contributed by atoms with E-state index in [4.69, 9.17) is 4.74 Å². The molecular formula is C25H31NO3. The fourth-order valence-electron chi connectivity index (χ4n) is 5.36. The van der Waals surface area contributed by atoms with Crippen molar-refractivity contribution in [1.29, 1.82) is 0 Å². The molecular weight excluding hydrogens is 362 g/mol. The second-order valence-corrected chi connectivity index (χ2v) is 9.24. The highest BCUT2D eigenvalue weighted by Gasteiger charge is 2.43. The van der Waals surface area contributed by atoms with E-state index >= 15 is 0 Å². The molecule has 154 valence electrons. The Hall–Kier alpha value is -1.88. The standard InChI is InChI=1S/C25H31NO3/c1-17-5-8-24-21(13-17)22(27)15-25(29-24)9-11-26(12-10-25)16-23(28)20-7-6-18-3-2-4-19(18)14-20/h5-8,13-14,22-23,27-28H,2-4,9-12,15-16H2,1H3/t22-,23+/m0/s1. The van der Waals surface area contributed by atoms with Gasteiger partial charge in [-0.15, -0.1) is 0 Å². The summed E-state index contributed by atoms with van der Waals surface area (Å²) in [6.07, 6.45) is 5.07. The molecule has 2 N–H and O–H groups in total. The van der Waals surface area contributed by atoms with Gasteiger partial charge in [-0.2, -0.15) is 0 Å². The third-order valence-corrected chi connectivity index (χ3v) is 7.12. The molecule has 0 radical (unpaired) electrons. The van der Waals surface area contributed by atoms with Crippen molar-refractivity contribution in [3.05, 3.63) is 64.2 Å². The summed E-state index contributed by atoms with van der Waals surface area (Å²) in [4.78, 5) is 2.34. The van der Waals surface area contributed by atoms with Crippen LogP contribution in [-0.4, -0.2) is 40.3 Å². The van der Waals surface area contributed by atoms with Crippen LogP contribution >= 0.6 is 0 Å². The van der Waals surface area contributed by atoms with Crippen molar-refractivity contribution in [2.75, 3.05) is 19.6 Å². The van der Waals surface area contributed by atoms with Gasteiger partial charge in [-0.25, -0.2) is 0 Å². The lowest BCUT2D eigenvalue weighted by molar-refractivity contribution is -0.0588. The molecule has 0 amide bonds. The van der Waals surface area contributed by atoms with Gasteiger partial charge in [0.1, 0.15) is 11.4 Å². The number of benzene rings is 2. The topological polar surface area (TPSA) is 52.9 Å². The van der Waals surface area contributed by atoms with Crippen LogP contribution in [-0.2, 0) is 12.8 Å². The lowest BCUT2D eigenvalue weighted by Crippen LogP contribution is -2.51. The Morgan fingerprint density at radius 1 is 1.10 bits per heavy atom. The molecule has 5 rings (SSSR count). The maximum atomic E-state index is 10.8. The van der Waals surface area contributed by atoms with Gasteiger partial charge in [0, 0.05) is 31.6 Å². The normalized spacial score (nSPS) is 24.0. The number of rotatable bonds is 3. The van der Waals surface area contributed by atoms with Crippen LogP contribution in [0.25, 0.3) is 0 Å². The van der Waals surface area contributed by atoms with Crippen LogP contribution in [0, 0.1) is 6.92 Å². The van der Waals surface area contributed by atoms with Crippen molar-refractivity contribution in [2.24, 2.45) is 0 Å². The van der Waals surface area contributed by atoms with Gasteiger partial charge in [0.15, 0.2) is 0 Å². The van der Waals surface area contributed by atoms with Crippen molar-refractivity contribution in [1.82, 2.24) is 4.90 Å². The van der Waals surface area contributed by atoms with E-state index in [9.17, 15) is 10.2 Å². The number of nitrogens with zero attached hydrogens (tertiary/aromatic N) is 1. The molecule has 2 aliphatic heterocycles. The fourth-order valence-corrected chi connectivity index (χ4v) is 5.36. The van der Waals surface area contributed by atoms with Crippen molar-refractivity contribution < 1.29 is 14.9 Å². The molecule has 4 nitrogen and oxygen atoms in total. The Bertz CT molecular complexity index is 901. The number of hydrogen-bond acceptors (Lipinski definition) is 4. The summed E-state index contributed by atoms with van der Waals surface area (Å²) >= 11 is 0. The van der Waals surface area contributed by atoms with E-state index in [0.29, 0.717) is 13.0 Å². The summed E-state index contributed by atoms with van der Waals surface area (Å²) in [5.74, 6) is 0.834. The van der Waals surface area contributed by atoms with Crippen LogP contribution in [0.2, 0.25) is 0 Å². The van der Waals surface area contributed by atoms with Gasteiger partial charge < -0.3 is 19.8 Å². The van der Waals surface area contributed by atoms with Gasteiger partial charge in [0.2, 0.25) is 0 Å². The summed E-state index contributed by atoms with van der Waals surface area (Å²) in [6.45, 7) is 4.47. The van der Waals surface area contributed by atoms with Crippen LogP contribution in [0.4, 0.5) is 0 Å². The Balaban J connectivity index is 1.22. The van der Waals surface area contributed by atoms with Crippen LogP contribution < -0.4 is 4.74 Å². The first-order valence-corrected chi connectivity index (χ1v) is 11.0. The van der Waals surface area contributed by atoms with Gasteiger partial charge >= 0.3 is 0 Å². The summed E-state index contributed by atoms with van der Waals surface area (Å²) in [5.41, 5.74) is 5.70. The highest BCUT2D eigenvalue weighted by atomic mass is 16.5. The van der Waals surface area contributed by atoms with E-state index < -0.39 is 12.2 Å². The first-order valence-electron chi connectivity index (χ1n) is 11.0. The maximum absolute atomic E-state index is 10.8. The lowest BCUT2D eigenvalue weighted by atomic mass is 9.81. The van der Waals surface area contributed by atoms with Gasteiger partial charge in [-0.1, -0.05) is 29.8 Å². The van der Waals surface area contributed by atoms with E-state index in [2.05, 4.69) is 23.1 Å². The van der Waals surface area contributed by atoms with E-state index in [1.165, 1.54) is 24.0 Å². The molecule has 1 saturated heterocycles. The maximum Gasteiger partial charge on any atom is 0.125 e. The monoisotopic (exact) mass is 393 g/mol. The van der Waals surface area contributed by atoms with E-state index in [1.54, 1.807) is 0 Å². The number of aliphatic hydroxyl groups excluding tert-OH is 2. The Labute approximate surface area is 173 Å². The minimum atomic E-state index is -0.456. The van der Waals surface area contributed by atoms with E-state index in [1.807, 2.05) is 25.1 Å². The number of fused-ring (bicyclic) bond motifs is 2. The van der Waals surface area contributed by atoms with Crippen LogP contribution in [0.3, 0.4) is 0 Å². The van der Waals surface area contributed by atoms with Crippen LogP contribution in [0.5, 0.6) is 5.75 Å². The third-order valence-electron chi connectivity index (χ3n) is 7.12. The first-order chi connectivity index (χ1) is 14.0. The number of piperidine rings is 1. The zero-order valence-corrected chi connectivity index (χ0v) is 17.2. The van der Waals surface area contributed by atoms with Gasteiger partial charge in [0.05, 0.1) is 12.2 Å². The average molecular weight is 394 g/mol. The van der Waals surface area contributed by atoms with Crippen molar-refractivity contribution in [3.63, 3.8) is 0 Å². The number of aryl methyl sites for hydroxylation is 3. The van der Waals surface area contributed by atoms with Crippen molar-refractivity contribution >= 4 is 0 Å². The first kappa shape index (κ1) is 19.1. The molecule has 0 bridgehead atoms. The molecule has 2 atom stereocenters. The number of aliphatic hydroxyl groups is 2. The number of β-amino-alcohol motifs (C(OH)–C–C–N with tert-alkyl or cyclic N) is 1. The molecule has 2 aromatic carbocycles. The quantitative estimate of drug-likeness (QED) is 0.831. The minimum Gasteiger partial charge on any atom is -0.487 e. The molecule has 1 spiro atoms. The zero-order valence-electron chi connectivity index (χ0n) is 17.2. The molecule has 2 aromatic rings. The van der Waals surface area contributed by atoms with Gasteiger partial charge in [0.25, 0.3) is 0 Å². The SMILES string of the molecule is Cc1ccc2c(c1)[C@@H](O)CC1(CCN(C[C@@H](O)c3ccc4c(c3)CCC4)CC1)O2. The Kier molecular flexibility index (Phi) is 4.89. The molecule has 29 heavy (non-hydrogen) atoms. The molecule has 3 aliphatic rings. The average Bonchev–Trinajstić information content (AvgIpc) is 3.18. The predicted octanol–water partition coefficient (Wildman–Crippen LogP) is 3.87. The largest absolute Gasteiger partial charge is 0.487 e. The molecule has 0 unspecified atom stereocenters. The second kappa shape index (κ2) is 7.42. The van der Waals surface area contributed by atoms with E-state index in [-0.39, 0.29) is 5.60 Å². The second-order valence-electron chi connectivity index (χ2n) is 9.24. The Morgan fingerprint density at radius 2 is 1.90 bits per heavy atom. The Morgan fingerprint density at radius 3 is 2.72 bits per heavy atom. The van der Waals surface area contributed by atoms with E-state index in [0.717, 1.165) is 54.8 Å². The molecule has 1 fully saturated rings. The highest BCUT2D eigenvalue weighted by molar-refractivity contribution is 5.41. The van der Waals surface area contributed by atoms with Gasteiger partial charge in [-0.05, 0) is 67.9 Å². The van der Waals surface area contributed by atoms with Crippen molar-refractivity contribution in [2.45, 2.75) is 63.3 Å². The third kappa shape index (κ3) is 3.70. The summed E-state index contributed by atoms with van der Waals surface area (Å²) < 4.78 is 6.42. The summed E-state index contributed by atoms with van der Waals surface area (Å²) in [5, 5.41) is 21.5. The molecule has 2 heterocycles. The smallest absolute Gasteiger partial charge is 0.125 e.